The number of non-ortho nitro benzene ring substituents is 1. The molecule has 8 heteroatoms. The van der Waals surface area contributed by atoms with Crippen molar-refractivity contribution in [2.24, 2.45) is 0 Å². The van der Waals surface area contributed by atoms with Gasteiger partial charge in [0.25, 0.3) is 11.6 Å². The molecule has 2 N–H and O–H groups in total. The van der Waals surface area contributed by atoms with E-state index in [1.807, 2.05) is 32.8 Å². The van der Waals surface area contributed by atoms with Gasteiger partial charge in [-0.2, -0.15) is 0 Å². The topological polar surface area (TPSA) is 89.2 Å². The quantitative estimate of drug-likeness (QED) is 0.496. The maximum Gasteiger partial charge on any atom is 0.282 e. The number of carbonyl (C=O) groups is 1. The third-order valence-corrected chi connectivity index (χ3v) is 5.00. The summed E-state index contributed by atoms with van der Waals surface area (Å²) in [5.74, 6) is 0.0935. The number of anilines is 2. The molecule has 0 aliphatic carbocycles. The van der Waals surface area contributed by atoms with Crippen LogP contribution in [0.5, 0.6) is 5.75 Å². The Labute approximate surface area is 171 Å². The van der Waals surface area contributed by atoms with Gasteiger partial charge in [-0.15, -0.1) is 0 Å². The normalized spacial score (nSPS) is 12.7. The van der Waals surface area contributed by atoms with Gasteiger partial charge in [-0.05, 0) is 32.0 Å². The maximum atomic E-state index is 12.8. The summed E-state index contributed by atoms with van der Waals surface area (Å²) < 4.78 is 5.20. The lowest BCUT2D eigenvalue weighted by Crippen LogP contribution is -3.15. The van der Waals surface area contributed by atoms with Gasteiger partial charge < -0.3 is 19.9 Å². The van der Waals surface area contributed by atoms with Crippen LogP contribution in [0.25, 0.3) is 0 Å². The van der Waals surface area contributed by atoms with Crippen LogP contribution in [0.2, 0.25) is 0 Å². The molecule has 156 valence electrons. The first-order valence-corrected chi connectivity index (χ1v) is 9.51. The van der Waals surface area contributed by atoms with E-state index in [0.29, 0.717) is 5.69 Å². The SMILES string of the molecule is CC[NH+](Cc1ccc(N(C)C)cc1)[C@H](C)C(=O)Nc1ccc([N+](=O)[O-])cc1OC. The third-order valence-electron chi connectivity index (χ3n) is 5.00. The second-order valence-electron chi connectivity index (χ2n) is 7.10. The molecule has 0 fully saturated rings. The molecule has 8 nitrogen and oxygen atoms in total. The number of methoxy groups -OCH3 is 1. The van der Waals surface area contributed by atoms with Crippen molar-refractivity contribution in [3.63, 3.8) is 0 Å². The van der Waals surface area contributed by atoms with Crippen LogP contribution in [0.4, 0.5) is 17.1 Å². The average Bonchev–Trinajstić information content (AvgIpc) is 2.71. The number of rotatable bonds is 9. The number of nitrogens with one attached hydrogen (secondary N) is 2. The van der Waals surface area contributed by atoms with Crippen molar-refractivity contribution in [3.8, 4) is 5.75 Å². The third kappa shape index (κ3) is 5.68. The zero-order valence-corrected chi connectivity index (χ0v) is 17.6. The minimum absolute atomic E-state index is 0.0881. The van der Waals surface area contributed by atoms with Crippen molar-refractivity contribution in [3.05, 3.63) is 58.1 Å². The number of hydrogen-bond acceptors (Lipinski definition) is 5. The Morgan fingerprint density at radius 2 is 1.90 bits per heavy atom. The molecule has 2 atom stereocenters. The Morgan fingerprint density at radius 3 is 2.41 bits per heavy atom. The molecule has 0 spiro atoms. The zero-order valence-electron chi connectivity index (χ0n) is 17.6. The van der Waals surface area contributed by atoms with E-state index < -0.39 is 4.92 Å². The molecule has 0 saturated carbocycles. The van der Waals surface area contributed by atoms with E-state index in [2.05, 4.69) is 29.6 Å². The number of nitro groups is 1. The molecule has 2 aromatic rings. The van der Waals surface area contributed by atoms with Gasteiger partial charge in [0.15, 0.2) is 6.04 Å². The van der Waals surface area contributed by atoms with Gasteiger partial charge in [0, 0.05) is 31.4 Å². The average molecular weight is 401 g/mol. The first-order valence-electron chi connectivity index (χ1n) is 9.51. The van der Waals surface area contributed by atoms with Gasteiger partial charge in [-0.25, -0.2) is 0 Å². The van der Waals surface area contributed by atoms with Crippen LogP contribution in [0.3, 0.4) is 0 Å². The lowest BCUT2D eigenvalue weighted by atomic mass is 10.1. The van der Waals surface area contributed by atoms with Crippen LogP contribution in [0.15, 0.2) is 42.5 Å². The molecule has 0 heterocycles. The summed E-state index contributed by atoms with van der Waals surface area (Å²) >= 11 is 0. The summed E-state index contributed by atoms with van der Waals surface area (Å²) in [6, 6.07) is 12.1. The lowest BCUT2D eigenvalue weighted by Gasteiger charge is -2.24. The number of ether oxygens (including phenoxy) is 1. The fourth-order valence-electron chi connectivity index (χ4n) is 3.08. The summed E-state index contributed by atoms with van der Waals surface area (Å²) in [4.78, 5) is 26.4. The highest BCUT2D eigenvalue weighted by Crippen LogP contribution is 2.29. The highest BCUT2D eigenvalue weighted by molar-refractivity contribution is 5.95. The van der Waals surface area contributed by atoms with Crippen LogP contribution >= 0.6 is 0 Å². The number of nitrogens with zero attached hydrogens (tertiary/aromatic N) is 2. The summed E-state index contributed by atoms with van der Waals surface area (Å²) in [6.45, 7) is 5.41. The van der Waals surface area contributed by atoms with Crippen molar-refractivity contribution in [1.82, 2.24) is 0 Å². The zero-order chi connectivity index (χ0) is 21.6. The van der Waals surface area contributed by atoms with E-state index in [0.717, 1.165) is 29.2 Å². The molecular formula is C21H29N4O4+. The van der Waals surface area contributed by atoms with Gasteiger partial charge in [0.05, 0.1) is 30.3 Å². The van der Waals surface area contributed by atoms with Crippen molar-refractivity contribution >= 4 is 23.0 Å². The molecule has 29 heavy (non-hydrogen) atoms. The van der Waals surface area contributed by atoms with Gasteiger partial charge in [0.1, 0.15) is 12.3 Å². The lowest BCUT2D eigenvalue weighted by molar-refractivity contribution is -0.925. The standard InChI is InChI=1S/C21H28N4O4/c1-6-24(14-16-7-9-17(10-8-16)23(3)4)15(2)21(26)22-19-12-11-18(25(27)28)13-20(19)29-5/h7-13,15H,6,14H2,1-5H3,(H,22,26)/p+1/t15-/m1/s1. The van der Waals surface area contributed by atoms with Crippen molar-refractivity contribution < 1.29 is 19.4 Å². The van der Waals surface area contributed by atoms with Crippen molar-refractivity contribution in [1.29, 1.82) is 0 Å². The number of likely N-dealkylation sites (N-methyl/N-ethyl adjacent to an activating group) is 1. The molecule has 2 rings (SSSR count). The molecule has 0 bridgehead atoms. The van der Waals surface area contributed by atoms with Crippen LogP contribution in [0, 0.1) is 10.1 Å². The second kappa shape index (κ2) is 9.88. The van der Waals surface area contributed by atoms with E-state index >= 15 is 0 Å². The van der Waals surface area contributed by atoms with Gasteiger partial charge in [-0.3, -0.25) is 14.9 Å². The smallest absolute Gasteiger partial charge is 0.282 e. The second-order valence-corrected chi connectivity index (χ2v) is 7.10. The first kappa shape index (κ1) is 22.2. The predicted octanol–water partition coefficient (Wildman–Crippen LogP) is 2.10. The Kier molecular flexibility index (Phi) is 7.55. The first-order chi connectivity index (χ1) is 13.8. The molecule has 0 aliphatic heterocycles. The highest BCUT2D eigenvalue weighted by atomic mass is 16.6. The monoisotopic (exact) mass is 401 g/mol. The predicted molar refractivity (Wildman–Crippen MR) is 114 cm³/mol. The molecule has 0 radical (unpaired) electrons. The van der Waals surface area contributed by atoms with Crippen LogP contribution in [0.1, 0.15) is 19.4 Å². The largest absolute Gasteiger partial charge is 0.494 e. The molecule has 1 unspecified atom stereocenters. The van der Waals surface area contributed by atoms with Crippen molar-refractivity contribution in [2.45, 2.75) is 26.4 Å². The van der Waals surface area contributed by atoms with Gasteiger partial charge in [0.2, 0.25) is 0 Å². The fourth-order valence-corrected chi connectivity index (χ4v) is 3.08. The minimum atomic E-state index is -0.499. The highest BCUT2D eigenvalue weighted by Gasteiger charge is 2.25. The van der Waals surface area contributed by atoms with Crippen molar-refractivity contribution in [2.75, 3.05) is 38.0 Å². The number of hydrogen-bond donors (Lipinski definition) is 2. The van der Waals surface area contributed by atoms with Gasteiger partial charge >= 0.3 is 0 Å². The Hall–Kier alpha value is -3.13. The van der Waals surface area contributed by atoms with E-state index in [4.69, 9.17) is 4.74 Å². The Balaban J connectivity index is 2.10. The Bertz CT molecular complexity index is 852. The molecule has 2 aromatic carbocycles. The molecule has 0 aromatic heterocycles. The fraction of sp³-hybridized carbons (Fsp3) is 0.381. The number of amides is 1. The summed E-state index contributed by atoms with van der Waals surface area (Å²) in [5.41, 5.74) is 2.61. The summed E-state index contributed by atoms with van der Waals surface area (Å²) in [6.07, 6.45) is 0. The minimum Gasteiger partial charge on any atom is -0.494 e. The number of benzene rings is 2. The molecule has 0 aliphatic rings. The van der Waals surface area contributed by atoms with E-state index in [1.165, 1.54) is 25.3 Å². The van der Waals surface area contributed by atoms with Crippen LogP contribution in [-0.2, 0) is 11.3 Å². The van der Waals surface area contributed by atoms with Gasteiger partial charge in [-0.1, -0.05) is 12.1 Å². The summed E-state index contributed by atoms with van der Waals surface area (Å²) in [5, 5.41) is 13.8. The Morgan fingerprint density at radius 1 is 1.24 bits per heavy atom. The van der Waals surface area contributed by atoms with Crippen LogP contribution in [-0.4, -0.2) is 44.6 Å². The number of carbonyl (C=O) groups excluding carboxylic acids is 1. The summed E-state index contributed by atoms with van der Waals surface area (Å²) in [7, 11) is 5.41. The van der Waals surface area contributed by atoms with E-state index in [9.17, 15) is 14.9 Å². The van der Waals surface area contributed by atoms with Crippen LogP contribution < -0.4 is 19.9 Å². The number of quaternary nitrogens is 1. The number of nitro benzene ring substituents is 1. The molecular weight excluding hydrogens is 372 g/mol. The molecule has 1 amide bonds. The van der Waals surface area contributed by atoms with E-state index in [1.54, 1.807) is 0 Å². The molecule has 0 saturated heterocycles. The van der Waals surface area contributed by atoms with E-state index in [-0.39, 0.29) is 23.4 Å². The maximum absolute atomic E-state index is 12.8.